The van der Waals surface area contributed by atoms with Crippen molar-refractivity contribution in [3.63, 3.8) is 0 Å². The van der Waals surface area contributed by atoms with Gasteiger partial charge in [-0.05, 0) is 12.1 Å². The Morgan fingerprint density at radius 3 is 2.81 bits per heavy atom. The van der Waals surface area contributed by atoms with E-state index in [1.807, 2.05) is 35.7 Å². The molecular formula is C11H13N3O2. The highest BCUT2D eigenvalue weighted by Crippen LogP contribution is 2.22. The maximum absolute atomic E-state index is 10.9. The highest BCUT2D eigenvalue weighted by atomic mass is 16.4. The Hall–Kier alpha value is -1.91. The monoisotopic (exact) mass is 219 g/mol. The summed E-state index contributed by atoms with van der Waals surface area (Å²) in [5, 5.41) is 17.0. The molecule has 0 bridgehead atoms. The minimum atomic E-state index is -0.819. The summed E-state index contributed by atoms with van der Waals surface area (Å²) in [6.45, 7) is 3.53. The SMILES string of the molecule is CC(C(=O)O)C(C)c1nnc2ccccn12. The lowest BCUT2D eigenvalue weighted by atomic mass is 9.95. The Balaban J connectivity index is 2.44. The van der Waals surface area contributed by atoms with E-state index in [1.54, 1.807) is 6.92 Å². The van der Waals surface area contributed by atoms with Gasteiger partial charge >= 0.3 is 5.97 Å². The fourth-order valence-corrected chi connectivity index (χ4v) is 1.61. The lowest BCUT2D eigenvalue weighted by Crippen LogP contribution is -2.18. The topological polar surface area (TPSA) is 67.5 Å². The van der Waals surface area contributed by atoms with Crippen molar-refractivity contribution in [3.8, 4) is 0 Å². The lowest BCUT2D eigenvalue weighted by molar-refractivity contribution is -0.141. The zero-order chi connectivity index (χ0) is 11.7. The van der Waals surface area contributed by atoms with E-state index in [0.29, 0.717) is 5.82 Å². The summed E-state index contributed by atoms with van der Waals surface area (Å²) in [5.41, 5.74) is 0.738. The van der Waals surface area contributed by atoms with E-state index in [9.17, 15) is 4.79 Å². The van der Waals surface area contributed by atoms with Crippen molar-refractivity contribution in [2.45, 2.75) is 19.8 Å². The number of aromatic nitrogens is 3. The van der Waals surface area contributed by atoms with E-state index in [2.05, 4.69) is 10.2 Å². The molecule has 0 aliphatic carbocycles. The van der Waals surface area contributed by atoms with Crippen LogP contribution in [0.5, 0.6) is 0 Å². The number of hydrogen-bond acceptors (Lipinski definition) is 3. The molecule has 2 rings (SSSR count). The molecule has 2 heterocycles. The summed E-state index contributed by atoms with van der Waals surface area (Å²) in [6, 6.07) is 5.59. The number of carboxylic acid groups (broad SMARTS) is 1. The fraction of sp³-hybridized carbons (Fsp3) is 0.364. The van der Waals surface area contributed by atoms with Gasteiger partial charge in [-0.1, -0.05) is 19.9 Å². The van der Waals surface area contributed by atoms with Gasteiger partial charge in [-0.15, -0.1) is 10.2 Å². The van der Waals surface area contributed by atoms with Gasteiger partial charge in [-0.25, -0.2) is 0 Å². The van der Waals surface area contributed by atoms with Crippen LogP contribution in [0.1, 0.15) is 25.6 Å². The van der Waals surface area contributed by atoms with Gasteiger partial charge in [0.15, 0.2) is 5.65 Å². The Morgan fingerprint density at radius 2 is 2.12 bits per heavy atom. The number of fused-ring (bicyclic) bond motifs is 1. The second kappa shape index (κ2) is 3.92. The van der Waals surface area contributed by atoms with Crippen LogP contribution >= 0.6 is 0 Å². The molecule has 2 aromatic rings. The normalized spacial score (nSPS) is 14.9. The molecule has 16 heavy (non-hydrogen) atoms. The van der Waals surface area contributed by atoms with E-state index >= 15 is 0 Å². The number of hydrogen-bond donors (Lipinski definition) is 1. The summed E-state index contributed by atoms with van der Waals surface area (Å²) >= 11 is 0. The van der Waals surface area contributed by atoms with Gasteiger partial charge in [-0.2, -0.15) is 0 Å². The quantitative estimate of drug-likeness (QED) is 0.850. The molecule has 2 aromatic heterocycles. The van der Waals surface area contributed by atoms with Gasteiger partial charge in [0, 0.05) is 12.1 Å². The third kappa shape index (κ3) is 1.64. The highest BCUT2D eigenvalue weighted by Gasteiger charge is 2.24. The molecule has 2 unspecified atom stereocenters. The van der Waals surface area contributed by atoms with Crippen molar-refractivity contribution in [1.29, 1.82) is 0 Å². The summed E-state index contributed by atoms with van der Waals surface area (Å²) in [6.07, 6.45) is 1.84. The van der Waals surface area contributed by atoms with E-state index < -0.39 is 11.9 Å². The van der Waals surface area contributed by atoms with Crippen molar-refractivity contribution in [2.75, 3.05) is 0 Å². The van der Waals surface area contributed by atoms with Crippen LogP contribution in [0.4, 0.5) is 0 Å². The van der Waals surface area contributed by atoms with E-state index in [4.69, 9.17) is 5.11 Å². The third-order valence-electron chi connectivity index (χ3n) is 2.89. The van der Waals surface area contributed by atoms with Crippen LogP contribution in [0.2, 0.25) is 0 Å². The molecule has 0 fully saturated rings. The van der Waals surface area contributed by atoms with Gasteiger partial charge < -0.3 is 5.11 Å². The van der Waals surface area contributed by atoms with Crippen molar-refractivity contribution >= 4 is 11.6 Å². The van der Waals surface area contributed by atoms with Crippen LogP contribution in [0.3, 0.4) is 0 Å². The molecular weight excluding hydrogens is 206 g/mol. The molecule has 0 aliphatic rings. The second-order valence-electron chi connectivity index (χ2n) is 3.90. The summed E-state index contributed by atoms with van der Waals surface area (Å²) in [4.78, 5) is 10.9. The molecule has 0 aromatic carbocycles. The van der Waals surface area contributed by atoms with Crippen molar-refractivity contribution < 1.29 is 9.90 Å². The molecule has 84 valence electrons. The van der Waals surface area contributed by atoms with E-state index in [0.717, 1.165) is 5.65 Å². The number of carboxylic acids is 1. The van der Waals surface area contributed by atoms with Crippen molar-refractivity contribution in [1.82, 2.24) is 14.6 Å². The van der Waals surface area contributed by atoms with Crippen LogP contribution in [-0.2, 0) is 4.79 Å². The molecule has 0 saturated carbocycles. The Morgan fingerprint density at radius 1 is 1.38 bits per heavy atom. The van der Waals surface area contributed by atoms with Gasteiger partial charge in [0.25, 0.3) is 0 Å². The molecule has 0 radical (unpaired) electrons. The maximum atomic E-state index is 10.9. The van der Waals surface area contributed by atoms with Crippen LogP contribution in [0.15, 0.2) is 24.4 Å². The van der Waals surface area contributed by atoms with Gasteiger partial charge in [0.1, 0.15) is 5.82 Å². The third-order valence-corrected chi connectivity index (χ3v) is 2.89. The number of nitrogens with zero attached hydrogens (tertiary/aromatic N) is 3. The predicted octanol–water partition coefficient (Wildman–Crippen LogP) is 1.55. The fourth-order valence-electron chi connectivity index (χ4n) is 1.61. The molecule has 5 heteroatoms. The standard InChI is InChI=1S/C11H13N3O2/c1-7(8(2)11(15)16)10-13-12-9-5-3-4-6-14(9)10/h3-8H,1-2H3,(H,15,16). The van der Waals surface area contributed by atoms with Crippen LogP contribution in [-0.4, -0.2) is 25.7 Å². The Kier molecular flexibility index (Phi) is 2.60. The van der Waals surface area contributed by atoms with E-state index in [-0.39, 0.29) is 5.92 Å². The smallest absolute Gasteiger partial charge is 0.306 e. The molecule has 5 nitrogen and oxygen atoms in total. The molecule has 0 spiro atoms. The van der Waals surface area contributed by atoms with Crippen LogP contribution in [0.25, 0.3) is 5.65 Å². The van der Waals surface area contributed by atoms with Crippen LogP contribution in [0, 0.1) is 5.92 Å². The van der Waals surface area contributed by atoms with Crippen molar-refractivity contribution in [3.05, 3.63) is 30.2 Å². The van der Waals surface area contributed by atoms with Crippen molar-refractivity contribution in [2.24, 2.45) is 5.92 Å². The summed E-state index contributed by atoms with van der Waals surface area (Å²) in [5.74, 6) is -0.784. The number of aliphatic carboxylic acids is 1. The maximum Gasteiger partial charge on any atom is 0.306 e. The summed E-state index contributed by atoms with van der Waals surface area (Å²) in [7, 11) is 0. The van der Waals surface area contributed by atoms with Crippen LogP contribution < -0.4 is 0 Å². The number of carbonyl (C=O) groups is 1. The highest BCUT2D eigenvalue weighted by molar-refractivity contribution is 5.70. The van der Waals surface area contributed by atoms with Gasteiger partial charge in [0.2, 0.25) is 0 Å². The molecule has 0 saturated heterocycles. The van der Waals surface area contributed by atoms with Gasteiger partial charge in [0.05, 0.1) is 5.92 Å². The second-order valence-corrected chi connectivity index (χ2v) is 3.90. The summed E-state index contributed by atoms with van der Waals surface area (Å²) < 4.78 is 1.82. The minimum Gasteiger partial charge on any atom is -0.481 e. The minimum absolute atomic E-state index is 0.171. The van der Waals surface area contributed by atoms with E-state index in [1.165, 1.54) is 0 Å². The Bertz CT molecular complexity index is 521. The molecule has 1 N–H and O–H groups in total. The first-order chi connectivity index (χ1) is 7.61. The zero-order valence-corrected chi connectivity index (χ0v) is 9.16. The first-order valence-corrected chi connectivity index (χ1v) is 5.13. The zero-order valence-electron chi connectivity index (χ0n) is 9.16. The predicted molar refractivity (Wildman–Crippen MR) is 58.2 cm³/mol. The molecule has 0 aliphatic heterocycles. The lowest BCUT2D eigenvalue weighted by Gasteiger charge is -2.13. The number of pyridine rings is 1. The largest absolute Gasteiger partial charge is 0.481 e. The average molecular weight is 219 g/mol. The Labute approximate surface area is 92.7 Å². The first kappa shape index (κ1) is 10.6. The molecule has 2 atom stereocenters. The van der Waals surface area contributed by atoms with Gasteiger partial charge in [-0.3, -0.25) is 9.20 Å². The molecule has 0 amide bonds. The average Bonchev–Trinajstić information content (AvgIpc) is 2.70. The number of rotatable bonds is 3. The first-order valence-electron chi connectivity index (χ1n) is 5.13.